The third-order valence-electron chi connectivity index (χ3n) is 2.34. The van der Waals surface area contributed by atoms with Gasteiger partial charge in [-0.05, 0) is 24.1 Å². The summed E-state index contributed by atoms with van der Waals surface area (Å²) in [4.78, 5) is 21.3. The molecule has 1 N–H and O–H groups in total. The summed E-state index contributed by atoms with van der Waals surface area (Å²) in [5, 5.41) is 8.39. The number of allylic oxidation sites excluding steroid dienone is 1. The quantitative estimate of drug-likeness (QED) is 0.605. The van der Waals surface area contributed by atoms with Crippen molar-refractivity contribution in [2.75, 3.05) is 0 Å². The molecule has 0 aliphatic carbocycles. The molecular weight excluding hydrogens is 284 g/mol. The number of carbonyl (C=O) groups excluding carboxylic acids is 1. The highest BCUT2D eigenvalue weighted by molar-refractivity contribution is 7.87. The molecule has 0 amide bonds. The second kappa shape index (κ2) is 6.85. The van der Waals surface area contributed by atoms with Gasteiger partial charge in [-0.1, -0.05) is 18.2 Å². The highest BCUT2D eigenvalue weighted by atomic mass is 32.2. The molecule has 0 radical (unpaired) electrons. The molecule has 0 aliphatic heterocycles. The van der Waals surface area contributed by atoms with Crippen molar-refractivity contribution in [2.24, 2.45) is 0 Å². The van der Waals surface area contributed by atoms with Gasteiger partial charge in [0.15, 0.2) is 0 Å². The second-order valence-corrected chi connectivity index (χ2v) is 5.49. The van der Waals surface area contributed by atoms with E-state index in [1.807, 2.05) is 0 Å². The zero-order valence-corrected chi connectivity index (χ0v) is 11.4. The first-order valence-electron chi connectivity index (χ1n) is 5.74. The van der Waals surface area contributed by atoms with Gasteiger partial charge in [0.05, 0.1) is 12.8 Å². The maximum Gasteiger partial charge on any atom is 0.341 e. The summed E-state index contributed by atoms with van der Waals surface area (Å²) in [6.45, 7) is 3.57. The molecule has 0 saturated heterocycles. The lowest BCUT2D eigenvalue weighted by atomic mass is 10.2. The Morgan fingerprint density at radius 2 is 1.80 bits per heavy atom. The summed E-state index contributed by atoms with van der Waals surface area (Å²) in [6.07, 6.45) is 1.30. The van der Waals surface area contributed by atoms with Crippen LogP contribution in [0.4, 0.5) is 0 Å². The Hall–Kier alpha value is -2.15. The molecule has 108 valence electrons. The molecule has 0 bridgehead atoms. The van der Waals surface area contributed by atoms with Crippen LogP contribution < -0.4 is 0 Å². The molecule has 1 aromatic rings. The second-order valence-electron chi connectivity index (χ2n) is 3.94. The Morgan fingerprint density at radius 1 is 1.20 bits per heavy atom. The van der Waals surface area contributed by atoms with E-state index in [1.54, 1.807) is 18.2 Å². The molecule has 7 heteroatoms. The summed E-state index contributed by atoms with van der Waals surface area (Å²) in [7, 11) is -4.21. The Balaban J connectivity index is 2.75. The molecule has 6 nitrogen and oxygen atoms in total. The molecule has 0 aromatic heterocycles. The third kappa shape index (κ3) is 4.85. The van der Waals surface area contributed by atoms with Gasteiger partial charge in [0.25, 0.3) is 0 Å². The lowest BCUT2D eigenvalue weighted by molar-refractivity contribution is -0.142. The number of carboxylic acids is 1. The van der Waals surface area contributed by atoms with E-state index in [1.165, 1.54) is 12.1 Å². The fourth-order valence-electron chi connectivity index (χ4n) is 1.38. The van der Waals surface area contributed by atoms with Crippen molar-refractivity contribution in [2.45, 2.75) is 24.2 Å². The van der Waals surface area contributed by atoms with E-state index in [9.17, 15) is 18.0 Å². The molecule has 0 spiro atoms. The number of aliphatic carboxylic acids is 1. The van der Waals surface area contributed by atoms with Crippen LogP contribution in [-0.4, -0.2) is 25.5 Å². The largest absolute Gasteiger partial charge is 0.481 e. The molecule has 0 heterocycles. The maximum atomic E-state index is 11.7. The summed E-state index contributed by atoms with van der Waals surface area (Å²) < 4.78 is 27.8. The van der Waals surface area contributed by atoms with Gasteiger partial charge >= 0.3 is 22.1 Å². The van der Waals surface area contributed by atoms with Crippen LogP contribution in [0.1, 0.15) is 18.4 Å². The van der Waals surface area contributed by atoms with E-state index in [4.69, 9.17) is 5.11 Å². The molecule has 1 rings (SSSR count). The first-order chi connectivity index (χ1) is 9.35. The number of hydrogen-bond acceptors (Lipinski definition) is 5. The molecule has 20 heavy (non-hydrogen) atoms. The minimum absolute atomic E-state index is 0.158. The zero-order chi connectivity index (χ0) is 15.2. The summed E-state index contributed by atoms with van der Waals surface area (Å²) in [5.74, 6) is -2.30. The van der Waals surface area contributed by atoms with Crippen LogP contribution >= 0.6 is 0 Å². The summed E-state index contributed by atoms with van der Waals surface area (Å²) in [5.41, 5.74) is 0.871. The fourth-order valence-corrected chi connectivity index (χ4v) is 2.27. The third-order valence-corrected chi connectivity index (χ3v) is 3.59. The number of rotatable bonds is 7. The minimum Gasteiger partial charge on any atom is -0.481 e. The van der Waals surface area contributed by atoms with E-state index in [2.05, 4.69) is 10.8 Å². The smallest absolute Gasteiger partial charge is 0.341 e. The van der Waals surface area contributed by atoms with Crippen molar-refractivity contribution >= 4 is 22.1 Å². The van der Waals surface area contributed by atoms with Crippen molar-refractivity contribution in [3.05, 3.63) is 42.5 Å². The number of carbonyl (C=O) groups is 2. The summed E-state index contributed by atoms with van der Waals surface area (Å²) in [6, 6.07) is 5.80. The van der Waals surface area contributed by atoms with Gasteiger partial charge < -0.3 is 9.29 Å². The van der Waals surface area contributed by atoms with Crippen molar-refractivity contribution in [1.82, 2.24) is 0 Å². The zero-order valence-electron chi connectivity index (χ0n) is 10.6. The summed E-state index contributed by atoms with van der Waals surface area (Å²) >= 11 is 0. The monoisotopic (exact) mass is 298 g/mol. The van der Waals surface area contributed by atoms with E-state index >= 15 is 0 Å². The maximum absolute atomic E-state index is 11.7. The first kappa shape index (κ1) is 15.9. The minimum atomic E-state index is -4.21. The van der Waals surface area contributed by atoms with Crippen molar-refractivity contribution in [3.8, 4) is 0 Å². The standard InChI is InChI=1S/C13H14O6S/c1-2-3-10-4-6-11(7-5-10)20(17,18)19-13(16)9-8-12(14)15/h2,4-7H,1,3,8-9H2,(H,14,15). The number of benzene rings is 1. The van der Waals surface area contributed by atoms with E-state index < -0.39 is 34.9 Å². The van der Waals surface area contributed by atoms with Gasteiger partial charge in [-0.15, -0.1) is 6.58 Å². The fraction of sp³-hybridized carbons (Fsp3) is 0.231. The highest BCUT2D eigenvalue weighted by Crippen LogP contribution is 2.15. The Kier molecular flexibility index (Phi) is 5.45. The van der Waals surface area contributed by atoms with Crippen molar-refractivity contribution in [1.29, 1.82) is 0 Å². The molecule has 1 aromatic carbocycles. The average Bonchev–Trinajstić information content (AvgIpc) is 2.37. The predicted octanol–water partition coefficient (Wildman–Crippen LogP) is 1.51. The molecule has 0 unspecified atom stereocenters. The highest BCUT2D eigenvalue weighted by Gasteiger charge is 2.20. The van der Waals surface area contributed by atoms with Gasteiger partial charge in [-0.2, -0.15) is 8.42 Å². The topological polar surface area (TPSA) is 97.7 Å². The molecule has 0 fully saturated rings. The first-order valence-corrected chi connectivity index (χ1v) is 7.15. The van der Waals surface area contributed by atoms with Crippen LogP contribution in [0.2, 0.25) is 0 Å². The number of hydrogen-bond donors (Lipinski definition) is 1. The SMILES string of the molecule is C=CCc1ccc(S(=O)(=O)OC(=O)CCC(=O)O)cc1. The molecule has 0 saturated carbocycles. The van der Waals surface area contributed by atoms with Gasteiger partial charge in [-0.3, -0.25) is 9.59 Å². The van der Waals surface area contributed by atoms with Gasteiger partial charge in [0, 0.05) is 0 Å². The molecule has 0 atom stereocenters. The van der Waals surface area contributed by atoms with E-state index in [-0.39, 0.29) is 4.90 Å². The van der Waals surface area contributed by atoms with E-state index in [0.29, 0.717) is 6.42 Å². The van der Waals surface area contributed by atoms with Crippen molar-refractivity contribution in [3.63, 3.8) is 0 Å². The molecular formula is C13H14O6S. The number of carboxylic acid groups (broad SMARTS) is 1. The van der Waals surface area contributed by atoms with E-state index in [0.717, 1.165) is 5.56 Å². The van der Waals surface area contributed by atoms with Crippen molar-refractivity contribution < 1.29 is 27.3 Å². The van der Waals surface area contributed by atoms with Crippen LogP contribution in [0.3, 0.4) is 0 Å². The van der Waals surface area contributed by atoms with Gasteiger partial charge in [-0.25, -0.2) is 0 Å². The van der Waals surface area contributed by atoms with Crippen LogP contribution in [0.25, 0.3) is 0 Å². The van der Waals surface area contributed by atoms with Gasteiger partial charge in [0.1, 0.15) is 4.90 Å². The van der Waals surface area contributed by atoms with Crippen LogP contribution in [0, 0.1) is 0 Å². The van der Waals surface area contributed by atoms with Crippen LogP contribution in [-0.2, 0) is 30.3 Å². The van der Waals surface area contributed by atoms with Gasteiger partial charge in [0.2, 0.25) is 0 Å². The normalized spacial score (nSPS) is 10.8. The Morgan fingerprint density at radius 3 is 2.30 bits per heavy atom. The predicted molar refractivity (Wildman–Crippen MR) is 70.5 cm³/mol. The average molecular weight is 298 g/mol. The van der Waals surface area contributed by atoms with Crippen LogP contribution in [0.15, 0.2) is 41.8 Å². The Bertz CT molecular complexity index is 600. The Labute approximate surface area is 116 Å². The lowest BCUT2D eigenvalue weighted by Crippen LogP contribution is -2.14. The molecule has 0 aliphatic rings. The lowest BCUT2D eigenvalue weighted by Gasteiger charge is -2.05. The van der Waals surface area contributed by atoms with Crippen LogP contribution in [0.5, 0.6) is 0 Å².